The predicted molar refractivity (Wildman–Crippen MR) is 84.4 cm³/mol. The van der Waals surface area contributed by atoms with E-state index >= 15 is 0 Å². The smallest absolute Gasteiger partial charge is 0.358 e. The van der Waals surface area contributed by atoms with Crippen LogP contribution in [0.2, 0.25) is 0 Å². The van der Waals surface area contributed by atoms with Crippen molar-refractivity contribution in [2.24, 2.45) is 0 Å². The molecule has 0 fully saturated rings. The Labute approximate surface area is 132 Å². The first-order valence-corrected chi connectivity index (χ1v) is 8.39. The van der Waals surface area contributed by atoms with Crippen molar-refractivity contribution < 1.29 is 28.7 Å². The normalized spacial score (nSPS) is 13.3. The molecule has 6 nitrogen and oxygen atoms in total. The number of benzene rings is 2. The third kappa shape index (κ3) is 3.93. The number of carbonyl (C=O) groups is 2. The highest BCUT2D eigenvalue weighted by Gasteiger charge is 2.22. The molecule has 0 radical (unpaired) electrons. The standard InChI is InChI=1S/C16H15O6P/c1-2-22-23(20,21)14-9-7-12(8-10-14)15(17)11-3-5-13(6-4-11)16(18)19/h3-10H,2H2,1H3,(H,18,19)(H,20,21). The summed E-state index contributed by atoms with van der Waals surface area (Å²) in [7, 11) is -3.86. The third-order valence-electron chi connectivity index (χ3n) is 3.15. The summed E-state index contributed by atoms with van der Waals surface area (Å²) in [6, 6.07) is 11.2. The zero-order chi connectivity index (χ0) is 17.0. The monoisotopic (exact) mass is 334 g/mol. The molecule has 0 aromatic heterocycles. The average molecular weight is 334 g/mol. The van der Waals surface area contributed by atoms with E-state index < -0.39 is 13.6 Å². The highest BCUT2D eigenvalue weighted by Crippen LogP contribution is 2.40. The largest absolute Gasteiger partial charge is 0.478 e. The molecule has 0 spiro atoms. The molecule has 23 heavy (non-hydrogen) atoms. The van der Waals surface area contributed by atoms with Crippen LogP contribution in [0.15, 0.2) is 48.5 Å². The van der Waals surface area contributed by atoms with Crippen molar-refractivity contribution in [3.8, 4) is 0 Å². The molecule has 1 atom stereocenters. The van der Waals surface area contributed by atoms with E-state index in [1.165, 1.54) is 48.5 Å². The lowest BCUT2D eigenvalue weighted by Crippen LogP contribution is -2.09. The van der Waals surface area contributed by atoms with Gasteiger partial charge in [-0.1, -0.05) is 24.3 Å². The first kappa shape index (κ1) is 17.1. The van der Waals surface area contributed by atoms with E-state index in [2.05, 4.69) is 0 Å². The fourth-order valence-electron chi connectivity index (χ4n) is 1.98. The van der Waals surface area contributed by atoms with Crippen LogP contribution in [0.25, 0.3) is 0 Å². The number of rotatable bonds is 6. The topological polar surface area (TPSA) is 101 Å². The Kier molecular flexibility index (Phi) is 5.11. The highest BCUT2D eigenvalue weighted by atomic mass is 31.2. The van der Waals surface area contributed by atoms with Crippen LogP contribution in [0, 0.1) is 0 Å². The molecule has 1 unspecified atom stereocenters. The van der Waals surface area contributed by atoms with Crippen molar-refractivity contribution in [3.05, 3.63) is 65.2 Å². The van der Waals surface area contributed by atoms with Crippen LogP contribution in [0.1, 0.15) is 33.2 Å². The van der Waals surface area contributed by atoms with Crippen LogP contribution in [-0.4, -0.2) is 28.4 Å². The van der Waals surface area contributed by atoms with Gasteiger partial charge in [-0.15, -0.1) is 0 Å². The second-order valence-corrected chi connectivity index (χ2v) is 6.51. The summed E-state index contributed by atoms with van der Waals surface area (Å²) < 4.78 is 16.7. The highest BCUT2D eigenvalue weighted by molar-refractivity contribution is 7.61. The fraction of sp³-hybridized carbons (Fsp3) is 0.125. The zero-order valence-corrected chi connectivity index (χ0v) is 13.2. The summed E-state index contributed by atoms with van der Waals surface area (Å²) in [5, 5.41) is 8.94. The number of hydrogen-bond acceptors (Lipinski definition) is 4. The van der Waals surface area contributed by atoms with Gasteiger partial charge in [-0.2, -0.15) is 0 Å². The minimum absolute atomic E-state index is 0.0924. The van der Waals surface area contributed by atoms with E-state index in [1.807, 2.05) is 0 Å². The molecule has 0 heterocycles. The van der Waals surface area contributed by atoms with Crippen molar-refractivity contribution in [3.63, 3.8) is 0 Å². The van der Waals surface area contributed by atoms with Gasteiger partial charge in [0.2, 0.25) is 0 Å². The summed E-state index contributed by atoms with van der Waals surface area (Å²) in [4.78, 5) is 32.8. The maximum absolute atomic E-state index is 12.3. The van der Waals surface area contributed by atoms with Gasteiger partial charge in [0.05, 0.1) is 17.5 Å². The zero-order valence-electron chi connectivity index (χ0n) is 12.3. The van der Waals surface area contributed by atoms with E-state index in [0.717, 1.165) is 0 Å². The van der Waals surface area contributed by atoms with E-state index in [0.29, 0.717) is 11.1 Å². The molecule has 0 aliphatic heterocycles. The van der Waals surface area contributed by atoms with Gasteiger partial charge >= 0.3 is 13.6 Å². The molecule has 2 rings (SSSR count). The minimum atomic E-state index is -3.86. The lowest BCUT2D eigenvalue weighted by Gasteiger charge is -2.11. The molecule has 0 amide bonds. The Morgan fingerprint density at radius 1 is 0.957 bits per heavy atom. The summed E-state index contributed by atoms with van der Waals surface area (Å²) in [5.74, 6) is -1.37. The van der Waals surface area contributed by atoms with Crippen molar-refractivity contribution in [1.29, 1.82) is 0 Å². The molecule has 0 saturated carbocycles. The molecular weight excluding hydrogens is 319 g/mol. The minimum Gasteiger partial charge on any atom is -0.478 e. The van der Waals surface area contributed by atoms with Crippen molar-refractivity contribution in [1.82, 2.24) is 0 Å². The van der Waals surface area contributed by atoms with Crippen LogP contribution in [0.3, 0.4) is 0 Å². The molecule has 2 aromatic rings. The maximum Gasteiger partial charge on any atom is 0.358 e. The first-order valence-electron chi connectivity index (χ1n) is 6.81. The molecule has 2 aromatic carbocycles. The molecule has 0 aliphatic rings. The van der Waals surface area contributed by atoms with Crippen LogP contribution in [0.5, 0.6) is 0 Å². The molecule has 7 heteroatoms. The van der Waals surface area contributed by atoms with Crippen molar-refractivity contribution in [2.75, 3.05) is 6.61 Å². The third-order valence-corrected chi connectivity index (χ3v) is 4.71. The van der Waals surface area contributed by atoms with Gasteiger partial charge in [0.1, 0.15) is 0 Å². The van der Waals surface area contributed by atoms with Gasteiger partial charge in [-0.05, 0) is 31.2 Å². The molecule has 0 saturated heterocycles. The van der Waals surface area contributed by atoms with Crippen LogP contribution < -0.4 is 5.30 Å². The molecular formula is C16H15O6P. The number of aromatic carboxylic acids is 1. The lowest BCUT2D eigenvalue weighted by atomic mass is 10.0. The van der Waals surface area contributed by atoms with Crippen LogP contribution >= 0.6 is 7.60 Å². The molecule has 0 aliphatic carbocycles. The molecule has 120 valence electrons. The van der Waals surface area contributed by atoms with E-state index in [9.17, 15) is 19.0 Å². The van der Waals surface area contributed by atoms with Gasteiger partial charge in [0, 0.05) is 11.1 Å². The van der Waals surface area contributed by atoms with Gasteiger partial charge < -0.3 is 14.5 Å². The number of hydrogen-bond donors (Lipinski definition) is 2. The second kappa shape index (κ2) is 6.87. The number of carboxylic acid groups (broad SMARTS) is 1. The van der Waals surface area contributed by atoms with E-state index in [1.54, 1.807) is 6.92 Å². The Morgan fingerprint density at radius 3 is 1.83 bits per heavy atom. The maximum atomic E-state index is 12.3. The van der Waals surface area contributed by atoms with Crippen molar-refractivity contribution >= 4 is 24.7 Å². The van der Waals surface area contributed by atoms with Gasteiger partial charge in [0.25, 0.3) is 0 Å². The Hall–Kier alpha value is -2.27. The summed E-state index contributed by atoms with van der Waals surface area (Å²) >= 11 is 0. The quantitative estimate of drug-likeness (QED) is 0.622. The SMILES string of the molecule is CCOP(=O)(O)c1ccc(C(=O)c2ccc(C(=O)O)cc2)cc1. The lowest BCUT2D eigenvalue weighted by molar-refractivity contribution is 0.0696. The average Bonchev–Trinajstić information content (AvgIpc) is 2.54. The summed E-state index contributed by atoms with van der Waals surface area (Å²) in [6.07, 6.45) is 0. The Bertz CT molecular complexity index is 764. The Morgan fingerprint density at radius 2 is 1.39 bits per heavy atom. The predicted octanol–water partition coefficient (Wildman–Crippen LogP) is 2.46. The number of ketones is 1. The van der Waals surface area contributed by atoms with E-state index in [-0.39, 0.29) is 23.3 Å². The number of carboxylic acids is 1. The Balaban J connectivity index is 2.23. The van der Waals surface area contributed by atoms with Gasteiger partial charge in [-0.25, -0.2) is 4.79 Å². The van der Waals surface area contributed by atoms with E-state index in [4.69, 9.17) is 9.63 Å². The van der Waals surface area contributed by atoms with Crippen LogP contribution in [0.4, 0.5) is 0 Å². The molecule has 2 N–H and O–H groups in total. The van der Waals surface area contributed by atoms with Gasteiger partial charge in [-0.3, -0.25) is 9.36 Å². The second-order valence-electron chi connectivity index (χ2n) is 4.70. The molecule has 0 bridgehead atoms. The van der Waals surface area contributed by atoms with Crippen molar-refractivity contribution in [2.45, 2.75) is 6.92 Å². The fourth-order valence-corrected chi connectivity index (χ4v) is 3.01. The van der Waals surface area contributed by atoms with Gasteiger partial charge in [0.15, 0.2) is 5.78 Å². The first-order chi connectivity index (χ1) is 10.8. The number of carbonyl (C=O) groups excluding carboxylic acids is 1. The van der Waals surface area contributed by atoms with Crippen LogP contribution in [-0.2, 0) is 9.09 Å². The summed E-state index contributed by atoms with van der Waals surface area (Å²) in [6.45, 7) is 1.71. The summed E-state index contributed by atoms with van der Waals surface area (Å²) in [5.41, 5.74) is 0.753.